The molecule has 2 aromatic carbocycles. The number of nitrogens with two attached hydrogens (primary N) is 1. The van der Waals surface area contributed by atoms with Crippen molar-refractivity contribution in [2.24, 2.45) is 5.84 Å². The number of pyridine rings is 1. The van der Waals surface area contributed by atoms with Gasteiger partial charge in [0.25, 0.3) is 5.91 Å². The summed E-state index contributed by atoms with van der Waals surface area (Å²) in [5.74, 6) is 5.64. The lowest BCUT2D eigenvalue weighted by Crippen LogP contribution is -2.30. The molecule has 1 unspecified atom stereocenters. The first-order valence-corrected chi connectivity index (χ1v) is 7.66. The SMILES string of the molecule is CC(Oc1cccc2ccc(NN)nc12)C(=O)Nc1ccc(F)cc1. The molecule has 1 atom stereocenters. The summed E-state index contributed by atoms with van der Waals surface area (Å²) in [7, 11) is 0. The van der Waals surface area contributed by atoms with E-state index in [1.165, 1.54) is 24.3 Å². The average Bonchev–Trinajstić information content (AvgIpc) is 2.63. The number of aromatic nitrogens is 1. The van der Waals surface area contributed by atoms with Crippen LogP contribution in [0.3, 0.4) is 0 Å². The van der Waals surface area contributed by atoms with E-state index in [-0.39, 0.29) is 11.7 Å². The normalized spacial score (nSPS) is 11.8. The molecule has 0 bridgehead atoms. The molecule has 0 fully saturated rings. The fraction of sp³-hybridized carbons (Fsp3) is 0.111. The maximum atomic E-state index is 12.9. The molecule has 1 aromatic heterocycles. The van der Waals surface area contributed by atoms with Gasteiger partial charge in [0.2, 0.25) is 0 Å². The molecule has 128 valence electrons. The van der Waals surface area contributed by atoms with Gasteiger partial charge in [0.15, 0.2) is 6.10 Å². The number of hydrogen-bond acceptors (Lipinski definition) is 5. The number of halogens is 1. The zero-order valence-corrected chi connectivity index (χ0v) is 13.5. The highest BCUT2D eigenvalue weighted by Gasteiger charge is 2.17. The van der Waals surface area contributed by atoms with E-state index in [0.717, 1.165) is 5.39 Å². The highest BCUT2D eigenvalue weighted by atomic mass is 19.1. The van der Waals surface area contributed by atoms with Gasteiger partial charge in [-0.2, -0.15) is 0 Å². The monoisotopic (exact) mass is 340 g/mol. The van der Waals surface area contributed by atoms with Crippen LogP contribution in [0.5, 0.6) is 5.75 Å². The standard InChI is InChI=1S/C18H17FN4O2/c1-11(18(24)21-14-8-6-13(19)7-9-14)25-15-4-2-3-12-5-10-16(23-20)22-17(12)15/h2-11H,20H2,1H3,(H,21,24)(H,22,23). The highest BCUT2D eigenvalue weighted by molar-refractivity contribution is 5.94. The Hall–Kier alpha value is -3.19. The van der Waals surface area contributed by atoms with Gasteiger partial charge in [0, 0.05) is 11.1 Å². The zero-order valence-electron chi connectivity index (χ0n) is 13.5. The second-order valence-corrected chi connectivity index (χ2v) is 5.42. The minimum atomic E-state index is -0.771. The molecular weight excluding hydrogens is 323 g/mol. The number of benzene rings is 2. The third-order valence-electron chi connectivity index (χ3n) is 3.62. The van der Waals surface area contributed by atoms with Gasteiger partial charge in [-0.25, -0.2) is 15.2 Å². The van der Waals surface area contributed by atoms with Crippen molar-refractivity contribution in [3.05, 3.63) is 60.4 Å². The maximum absolute atomic E-state index is 12.9. The van der Waals surface area contributed by atoms with Crippen molar-refractivity contribution in [1.29, 1.82) is 0 Å². The van der Waals surface area contributed by atoms with Crippen molar-refractivity contribution in [3.8, 4) is 5.75 Å². The number of rotatable bonds is 5. The highest BCUT2D eigenvalue weighted by Crippen LogP contribution is 2.26. The minimum absolute atomic E-state index is 0.350. The molecule has 1 heterocycles. The Bertz CT molecular complexity index is 899. The molecule has 4 N–H and O–H groups in total. The van der Waals surface area contributed by atoms with Crippen molar-refractivity contribution in [2.75, 3.05) is 10.7 Å². The first-order valence-electron chi connectivity index (χ1n) is 7.66. The predicted octanol–water partition coefficient (Wildman–Crippen LogP) is 3.07. The number of nitrogen functional groups attached to an aromatic ring is 1. The van der Waals surface area contributed by atoms with Gasteiger partial charge in [-0.15, -0.1) is 0 Å². The number of anilines is 2. The van der Waals surface area contributed by atoms with E-state index in [4.69, 9.17) is 10.6 Å². The summed E-state index contributed by atoms with van der Waals surface area (Å²) < 4.78 is 18.7. The van der Waals surface area contributed by atoms with Crippen LogP contribution in [0.25, 0.3) is 10.9 Å². The fourth-order valence-corrected chi connectivity index (χ4v) is 2.32. The van der Waals surface area contributed by atoms with Crippen LogP contribution in [-0.4, -0.2) is 17.0 Å². The largest absolute Gasteiger partial charge is 0.479 e. The van der Waals surface area contributed by atoms with E-state index >= 15 is 0 Å². The van der Waals surface area contributed by atoms with Gasteiger partial charge in [-0.05, 0) is 49.4 Å². The molecule has 0 radical (unpaired) electrons. The van der Waals surface area contributed by atoms with E-state index in [1.54, 1.807) is 19.1 Å². The second kappa shape index (κ2) is 7.14. The molecule has 25 heavy (non-hydrogen) atoms. The smallest absolute Gasteiger partial charge is 0.265 e. The second-order valence-electron chi connectivity index (χ2n) is 5.42. The van der Waals surface area contributed by atoms with Crippen LogP contribution in [0.2, 0.25) is 0 Å². The lowest BCUT2D eigenvalue weighted by atomic mass is 10.2. The molecule has 0 saturated heterocycles. The summed E-state index contributed by atoms with van der Waals surface area (Å²) in [5.41, 5.74) is 3.57. The Kier molecular flexibility index (Phi) is 4.76. The van der Waals surface area contributed by atoms with Gasteiger partial charge in [-0.1, -0.05) is 12.1 Å². The molecule has 3 aromatic rings. The molecule has 6 nitrogen and oxygen atoms in total. The quantitative estimate of drug-likeness (QED) is 0.491. The topological polar surface area (TPSA) is 89.3 Å². The first kappa shape index (κ1) is 16.7. The van der Waals surface area contributed by atoms with E-state index in [1.807, 2.05) is 18.2 Å². The van der Waals surface area contributed by atoms with Gasteiger partial charge < -0.3 is 15.5 Å². The summed E-state index contributed by atoms with van der Waals surface area (Å²) >= 11 is 0. The number of hydrazine groups is 1. The molecule has 0 aliphatic carbocycles. The predicted molar refractivity (Wildman–Crippen MR) is 94.7 cm³/mol. The summed E-state index contributed by atoms with van der Waals surface area (Å²) in [5, 5.41) is 3.54. The van der Waals surface area contributed by atoms with Crippen LogP contribution in [0.4, 0.5) is 15.9 Å². The maximum Gasteiger partial charge on any atom is 0.265 e. The summed E-state index contributed by atoms with van der Waals surface area (Å²) in [4.78, 5) is 16.6. The van der Waals surface area contributed by atoms with Crippen molar-refractivity contribution < 1.29 is 13.9 Å². The Morgan fingerprint density at radius 3 is 2.64 bits per heavy atom. The number of ether oxygens (including phenoxy) is 1. The minimum Gasteiger partial charge on any atom is -0.479 e. The average molecular weight is 340 g/mol. The van der Waals surface area contributed by atoms with Crippen LogP contribution in [0.15, 0.2) is 54.6 Å². The molecule has 0 spiro atoms. The van der Waals surface area contributed by atoms with Gasteiger partial charge in [0.1, 0.15) is 22.9 Å². The number of para-hydroxylation sites is 1. The third kappa shape index (κ3) is 3.84. The van der Waals surface area contributed by atoms with Gasteiger partial charge in [0.05, 0.1) is 0 Å². The van der Waals surface area contributed by atoms with Crippen LogP contribution in [0, 0.1) is 5.82 Å². The molecule has 1 amide bonds. The van der Waals surface area contributed by atoms with Crippen LogP contribution in [-0.2, 0) is 4.79 Å². The number of amides is 1. The van der Waals surface area contributed by atoms with E-state index in [2.05, 4.69) is 15.7 Å². The summed E-state index contributed by atoms with van der Waals surface area (Å²) in [6.07, 6.45) is -0.771. The van der Waals surface area contributed by atoms with Crippen molar-refractivity contribution in [3.63, 3.8) is 0 Å². The number of carbonyl (C=O) groups is 1. The molecular formula is C18H17FN4O2. The molecule has 7 heteroatoms. The van der Waals surface area contributed by atoms with Crippen molar-refractivity contribution >= 4 is 28.3 Å². The molecule has 0 aliphatic heterocycles. The molecule has 0 saturated carbocycles. The Morgan fingerprint density at radius 2 is 1.92 bits per heavy atom. The van der Waals surface area contributed by atoms with Crippen molar-refractivity contribution in [2.45, 2.75) is 13.0 Å². The van der Waals surface area contributed by atoms with Gasteiger partial charge >= 0.3 is 0 Å². The third-order valence-corrected chi connectivity index (χ3v) is 3.62. The van der Waals surface area contributed by atoms with Crippen LogP contribution >= 0.6 is 0 Å². The molecule has 0 aliphatic rings. The van der Waals surface area contributed by atoms with E-state index < -0.39 is 6.10 Å². The lowest BCUT2D eigenvalue weighted by Gasteiger charge is -2.16. The number of nitrogens with one attached hydrogen (secondary N) is 2. The fourth-order valence-electron chi connectivity index (χ4n) is 2.32. The Morgan fingerprint density at radius 1 is 1.16 bits per heavy atom. The van der Waals surface area contributed by atoms with Crippen molar-refractivity contribution in [1.82, 2.24) is 4.98 Å². The van der Waals surface area contributed by atoms with E-state index in [9.17, 15) is 9.18 Å². The number of hydrogen-bond donors (Lipinski definition) is 3. The summed E-state index contributed by atoms with van der Waals surface area (Å²) in [6.45, 7) is 1.63. The summed E-state index contributed by atoms with van der Waals surface area (Å²) in [6, 6.07) is 14.6. The Balaban J connectivity index is 1.77. The molecule has 3 rings (SSSR count). The zero-order chi connectivity index (χ0) is 17.8. The number of fused-ring (bicyclic) bond motifs is 1. The van der Waals surface area contributed by atoms with Gasteiger partial charge in [-0.3, -0.25) is 4.79 Å². The van der Waals surface area contributed by atoms with Crippen LogP contribution in [0.1, 0.15) is 6.92 Å². The van der Waals surface area contributed by atoms with E-state index in [0.29, 0.717) is 22.8 Å². The van der Waals surface area contributed by atoms with Crippen LogP contribution < -0.4 is 21.3 Å². The lowest BCUT2D eigenvalue weighted by molar-refractivity contribution is -0.122. The Labute approximate surface area is 143 Å². The number of nitrogens with zero attached hydrogens (tertiary/aromatic N) is 1. The first-order chi connectivity index (χ1) is 12.1. The number of carbonyl (C=O) groups excluding carboxylic acids is 1.